The standard InChI is InChI=1S/C18H13NO3/c1-21-12-7-8-15-13(9-12)16(11-5-3-2-4-6-11)14-10-22-18(20)17(14)19-15/h2-9H,10H2,1H3. The minimum Gasteiger partial charge on any atom is -0.497 e. The molecule has 0 unspecified atom stereocenters. The van der Waals surface area contributed by atoms with E-state index in [2.05, 4.69) is 4.98 Å². The molecule has 4 heteroatoms. The van der Waals surface area contributed by atoms with Crippen LogP contribution >= 0.6 is 0 Å². The molecule has 0 N–H and O–H groups in total. The van der Waals surface area contributed by atoms with Gasteiger partial charge in [0.05, 0.1) is 12.6 Å². The zero-order valence-corrected chi connectivity index (χ0v) is 12.0. The number of aromatic nitrogens is 1. The van der Waals surface area contributed by atoms with E-state index in [-0.39, 0.29) is 12.6 Å². The fourth-order valence-electron chi connectivity index (χ4n) is 2.86. The van der Waals surface area contributed by atoms with Crippen LogP contribution in [0.25, 0.3) is 22.0 Å². The first-order valence-corrected chi connectivity index (χ1v) is 7.01. The van der Waals surface area contributed by atoms with Gasteiger partial charge in [-0.3, -0.25) is 0 Å². The second-order valence-electron chi connectivity index (χ2n) is 5.14. The number of nitrogens with zero attached hydrogens (tertiary/aromatic N) is 1. The van der Waals surface area contributed by atoms with Crippen molar-refractivity contribution >= 4 is 16.9 Å². The Hall–Kier alpha value is -2.88. The summed E-state index contributed by atoms with van der Waals surface area (Å²) >= 11 is 0. The number of pyridine rings is 1. The fourth-order valence-corrected chi connectivity index (χ4v) is 2.86. The Morgan fingerprint density at radius 2 is 1.95 bits per heavy atom. The molecule has 0 spiro atoms. The van der Waals surface area contributed by atoms with E-state index in [0.29, 0.717) is 5.69 Å². The molecule has 0 bridgehead atoms. The number of hydrogen-bond donors (Lipinski definition) is 0. The van der Waals surface area contributed by atoms with Crippen molar-refractivity contribution in [1.29, 1.82) is 0 Å². The van der Waals surface area contributed by atoms with E-state index in [1.165, 1.54) is 0 Å². The van der Waals surface area contributed by atoms with Crippen molar-refractivity contribution in [2.24, 2.45) is 0 Å². The Kier molecular flexibility index (Phi) is 2.82. The van der Waals surface area contributed by atoms with Gasteiger partial charge < -0.3 is 9.47 Å². The molecule has 4 nitrogen and oxygen atoms in total. The van der Waals surface area contributed by atoms with Gasteiger partial charge in [-0.15, -0.1) is 0 Å². The molecule has 0 saturated heterocycles. The fraction of sp³-hybridized carbons (Fsp3) is 0.111. The van der Waals surface area contributed by atoms with Gasteiger partial charge >= 0.3 is 5.97 Å². The molecule has 1 aliphatic heterocycles. The summed E-state index contributed by atoms with van der Waals surface area (Å²) in [4.78, 5) is 16.4. The molecule has 0 aliphatic carbocycles. The van der Waals surface area contributed by atoms with Crippen molar-refractivity contribution < 1.29 is 14.3 Å². The molecule has 0 radical (unpaired) electrons. The van der Waals surface area contributed by atoms with Crippen LogP contribution in [0.5, 0.6) is 5.75 Å². The van der Waals surface area contributed by atoms with Crippen LogP contribution in [0.1, 0.15) is 16.1 Å². The van der Waals surface area contributed by atoms with Gasteiger partial charge in [0.15, 0.2) is 5.69 Å². The minimum absolute atomic E-state index is 0.262. The van der Waals surface area contributed by atoms with Crippen LogP contribution in [0.3, 0.4) is 0 Å². The van der Waals surface area contributed by atoms with Crippen LogP contribution in [-0.2, 0) is 11.3 Å². The Bertz CT molecular complexity index is 888. The molecular formula is C18H13NO3. The number of rotatable bonds is 2. The normalized spacial score (nSPS) is 13.0. The Morgan fingerprint density at radius 3 is 2.73 bits per heavy atom. The Morgan fingerprint density at radius 1 is 1.14 bits per heavy atom. The van der Waals surface area contributed by atoms with E-state index in [0.717, 1.165) is 33.3 Å². The zero-order chi connectivity index (χ0) is 15.1. The monoisotopic (exact) mass is 291 g/mol. The smallest absolute Gasteiger partial charge is 0.357 e. The number of carbonyl (C=O) groups is 1. The quantitative estimate of drug-likeness (QED) is 0.677. The highest BCUT2D eigenvalue weighted by molar-refractivity contribution is 6.04. The first-order valence-electron chi connectivity index (χ1n) is 7.01. The van der Waals surface area contributed by atoms with Crippen LogP contribution in [0, 0.1) is 0 Å². The maximum absolute atomic E-state index is 11.9. The Labute approximate surface area is 127 Å². The van der Waals surface area contributed by atoms with E-state index in [9.17, 15) is 4.79 Å². The summed E-state index contributed by atoms with van der Waals surface area (Å²) in [5.41, 5.74) is 4.05. The summed E-state index contributed by atoms with van der Waals surface area (Å²) in [5.74, 6) is 0.404. The van der Waals surface area contributed by atoms with Crippen LogP contribution in [0.2, 0.25) is 0 Å². The zero-order valence-electron chi connectivity index (χ0n) is 12.0. The number of cyclic esters (lactones) is 1. The van der Waals surface area contributed by atoms with Gasteiger partial charge in [-0.25, -0.2) is 9.78 Å². The first-order chi connectivity index (χ1) is 10.8. The van der Waals surface area contributed by atoms with E-state index in [1.54, 1.807) is 7.11 Å². The van der Waals surface area contributed by atoms with E-state index < -0.39 is 0 Å². The SMILES string of the molecule is COc1ccc2nc3c(c(-c4ccccc4)c2c1)COC3=O. The molecule has 0 atom stereocenters. The lowest BCUT2D eigenvalue weighted by Gasteiger charge is -2.12. The number of benzene rings is 2. The highest BCUT2D eigenvalue weighted by Crippen LogP contribution is 2.37. The second-order valence-corrected chi connectivity index (χ2v) is 5.14. The maximum atomic E-state index is 11.9. The molecule has 3 aromatic rings. The van der Waals surface area contributed by atoms with Gasteiger partial charge in [0, 0.05) is 16.5 Å². The van der Waals surface area contributed by atoms with Crippen LogP contribution in [-0.4, -0.2) is 18.1 Å². The summed E-state index contributed by atoms with van der Waals surface area (Å²) in [7, 11) is 1.64. The molecule has 1 aliphatic rings. The van der Waals surface area contributed by atoms with E-state index >= 15 is 0 Å². The van der Waals surface area contributed by atoms with E-state index in [1.807, 2.05) is 48.5 Å². The molecule has 22 heavy (non-hydrogen) atoms. The van der Waals surface area contributed by atoms with Gasteiger partial charge in [-0.2, -0.15) is 0 Å². The van der Waals surface area contributed by atoms with Crippen molar-refractivity contribution in [2.45, 2.75) is 6.61 Å². The van der Waals surface area contributed by atoms with Crippen LogP contribution < -0.4 is 4.74 Å². The lowest BCUT2D eigenvalue weighted by atomic mass is 9.95. The van der Waals surface area contributed by atoms with Crippen LogP contribution in [0.15, 0.2) is 48.5 Å². The highest BCUT2D eigenvalue weighted by atomic mass is 16.5. The molecule has 2 aromatic carbocycles. The number of fused-ring (bicyclic) bond motifs is 2. The number of carbonyl (C=O) groups excluding carboxylic acids is 1. The molecule has 1 aromatic heterocycles. The predicted octanol–water partition coefficient (Wildman–Crippen LogP) is 3.58. The van der Waals surface area contributed by atoms with Crippen molar-refractivity contribution in [1.82, 2.24) is 4.98 Å². The van der Waals surface area contributed by atoms with Gasteiger partial charge in [0.25, 0.3) is 0 Å². The lowest BCUT2D eigenvalue weighted by Crippen LogP contribution is -2.00. The van der Waals surface area contributed by atoms with Crippen molar-refractivity contribution in [3.63, 3.8) is 0 Å². The number of methoxy groups -OCH3 is 1. The molecule has 2 heterocycles. The summed E-state index contributed by atoms with van der Waals surface area (Å²) in [5, 5.41) is 0.961. The van der Waals surface area contributed by atoms with Crippen molar-refractivity contribution in [3.05, 3.63) is 59.8 Å². The number of hydrogen-bond acceptors (Lipinski definition) is 4. The highest BCUT2D eigenvalue weighted by Gasteiger charge is 2.28. The average molecular weight is 291 g/mol. The predicted molar refractivity (Wildman–Crippen MR) is 82.9 cm³/mol. The van der Waals surface area contributed by atoms with Crippen molar-refractivity contribution in [2.75, 3.05) is 7.11 Å². The summed E-state index contributed by atoms with van der Waals surface area (Å²) in [6.45, 7) is 0.262. The molecular weight excluding hydrogens is 278 g/mol. The topological polar surface area (TPSA) is 48.4 Å². The summed E-state index contributed by atoms with van der Waals surface area (Å²) in [6, 6.07) is 15.6. The third-order valence-corrected chi connectivity index (χ3v) is 3.90. The van der Waals surface area contributed by atoms with Gasteiger partial charge in [-0.1, -0.05) is 30.3 Å². The molecule has 0 amide bonds. The number of esters is 1. The summed E-state index contributed by atoms with van der Waals surface area (Å²) in [6.07, 6.45) is 0. The third kappa shape index (κ3) is 1.84. The molecule has 0 fully saturated rings. The second kappa shape index (κ2) is 4.84. The molecule has 0 saturated carbocycles. The minimum atomic E-state index is -0.357. The maximum Gasteiger partial charge on any atom is 0.357 e. The van der Waals surface area contributed by atoms with Gasteiger partial charge in [0.2, 0.25) is 0 Å². The van der Waals surface area contributed by atoms with Crippen LogP contribution in [0.4, 0.5) is 0 Å². The largest absolute Gasteiger partial charge is 0.497 e. The lowest BCUT2D eigenvalue weighted by molar-refractivity contribution is 0.0531. The molecule has 108 valence electrons. The first kappa shape index (κ1) is 12.8. The van der Waals surface area contributed by atoms with E-state index in [4.69, 9.17) is 9.47 Å². The van der Waals surface area contributed by atoms with Crippen molar-refractivity contribution in [3.8, 4) is 16.9 Å². The average Bonchev–Trinajstić information content (AvgIpc) is 2.94. The van der Waals surface area contributed by atoms with Gasteiger partial charge in [-0.05, 0) is 23.8 Å². The number of ether oxygens (including phenoxy) is 2. The third-order valence-electron chi connectivity index (χ3n) is 3.90. The Balaban J connectivity index is 2.12. The molecule has 4 rings (SSSR count). The summed E-state index contributed by atoms with van der Waals surface area (Å²) < 4.78 is 10.5. The van der Waals surface area contributed by atoms with Gasteiger partial charge in [0.1, 0.15) is 12.4 Å².